The quantitative estimate of drug-likeness (QED) is 0.720. The second kappa shape index (κ2) is 6.57. The zero-order chi connectivity index (χ0) is 19.1. The standard InChI is InChI=1S/C16H13ClF3N3O2S/c1-10-2-4-13(6-14(10)16(18,19)20)26(24,25)21-7-12-9-23-8-11(17)3-5-15(23)22-12/h2-6,8-9,21H,7H2,1H3. The third-order valence-electron chi connectivity index (χ3n) is 3.73. The monoisotopic (exact) mass is 403 g/mol. The fraction of sp³-hybridized carbons (Fsp3) is 0.188. The molecule has 138 valence electrons. The summed E-state index contributed by atoms with van der Waals surface area (Å²) in [5.74, 6) is 0. The highest BCUT2D eigenvalue weighted by Gasteiger charge is 2.33. The van der Waals surface area contributed by atoms with Crippen molar-refractivity contribution in [3.05, 3.63) is 64.6 Å². The molecule has 0 unspecified atom stereocenters. The van der Waals surface area contributed by atoms with Crippen molar-refractivity contribution >= 4 is 27.3 Å². The molecule has 5 nitrogen and oxygen atoms in total. The number of hydrogen-bond donors (Lipinski definition) is 1. The van der Waals surface area contributed by atoms with Gasteiger partial charge in [0, 0.05) is 12.4 Å². The van der Waals surface area contributed by atoms with Crippen molar-refractivity contribution in [3.8, 4) is 0 Å². The molecule has 0 radical (unpaired) electrons. The minimum atomic E-state index is -4.63. The predicted octanol–water partition coefficient (Wildman–Crippen LogP) is 3.79. The molecule has 0 aliphatic carbocycles. The molecule has 10 heteroatoms. The van der Waals surface area contributed by atoms with E-state index in [1.54, 1.807) is 28.9 Å². The van der Waals surface area contributed by atoms with E-state index in [4.69, 9.17) is 11.6 Å². The number of rotatable bonds is 4. The second-order valence-electron chi connectivity index (χ2n) is 5.64. The number of benzene rings is 1. The van der Waals surface area contributed by atoms with Crippen LogP contribution in [0, 0.1) is 6.92 Å². The van der Waals surface area contributed by atoms with Gasteiger partial charge in [-0.2, -0.15) is 13.2 Å². The Morgan fingerprint density at radius 3 is 2.62 bits per heavy atom. The van der Waals surface area contributed by atoms with E-state index in [2.05, 4.69) is 9.71 Å². The van der Waals surface area contributed by atoms with E-state index in [0.29, 0.717) is 22.4 Å². The maximum atomic E-state index is 13.0. The summed E-state index contributed by atoms with van der Waals surface area (Å²) in [7, 11) is -4.13. The van der Waals surface area contributed by atoms with E-state index in [1.807, 2.05) is 0 Å². The van der Waals surface area contributed by atoms with Crippen LogP contribution in [-0.2, 0) is 22.7 Å². The number of alkyl halides is 3. The van der Waals surface area contributed by atoms with Gasteiger partial charge in [-0.1, -0.05) is 17.7 Å². The Balaban J connectivity index is 1.84. The van der Waals surface area contributed by atoms with E-state index in [1.165, 1.54) is 6.92 Å². The van der Waals surface area contributed by atoms with E-state index in [9.17, 15) is 21.6 Å². The number of aromatic nitrogens is 2. The molecule has 1 N–H and O–H groups in total. The molecule has 1 aromatic carbocycles. The summed E-state index contributed by atoms with van der Waals surface area (Å²) in [5.41, 5.74) is -0.0614. The minimum absolute atomic E-state index is 0.0475. The first-order valence-corrected chi connectivity index (χ1v) is 9.23. The van der Waals surface area contributed by atoms with Crippen LogP contribution in [0.1, 0.15) is 16.8 Å². The van der Waals surface area contributed by atoms with E-state index < -0.39 is 26.7 Å². The number of hydrogen-bond acceptors (Lipinski definition) is 3. The van der Waals surface area contributed by atoms with Crippen molar-refractivity contribution in [2.45, 2.75) is 24.5 Å². The summed E-state index contributed by atoms with van der Waals surface area (Å²) in [6.45, 7) is 1.10. The summed E-state index contributed by atoms with van der Waals surface area (Å²) < 4.78 is 67.5. The Bertz CT molecular complexity index is 1080. The Hall–Kier alpha value is -2.10. The Morgan fingerprint density at radius 2 is 1.92 bits per heavy atom. The lowest BCUT2D eigenvalue weighted by Gasteiger charge is -2.12. The number of pyridine rings is 1. The summed E-state index contributed by atoms with van der Waals surface area (Å²) >= 11 is 5.87. The van der Waals surface area contributed by atoms with Crippen LogP contribution in [-0.4, -0.2) is 17.8 Å². The van der Waals surface area contributed by atoms with Gasteiger partial charge >= 0.3 is 6.18 Å². The topological polar surface area (TPSA) is 63.5 Å². The summed E-state index contributed by atoms with van der Waals surface area (Å²) in [6.07, 6.45) is -1.44. The Labute approximate surface area is 152 Å². The highest BCUT2D eigenvalue weighted by molar-refractivity contribution is 7.89. The maximum absolute atomic E-state index is 13.0. The lowest BCUT2D eigenvalue weighted by atomic mass is 10.1. The van der Waals surface area contributed by atoms with Gasteiger partial charge in [0.2, 0.25) is 10.0 Å². The number of imidazole rings is 1. The van der Waals surface area contributed by atoms with Crippen LogP contribution in [0.2, 0.25) is 5.02 Å². The molecule has 26 heavy (non-hydrogen) atoms. The molecular formula is C16H13ClF3N3O2S. The SMILES string of the molecule is Cc1ccc(S(=O)(=O)NCc2cn3cc(Cl)ccc3n2)cc1C(F)(F)F. The fourth-order valence-electron chi connectivity index (χ4n) is 2.43. The van der Waals surface area contributed by atoms with Crippen molar-refractivity contribution in [2.75, 3.05) is 0 Å². The highest BCUT2D eigenvalue weighted by atomic mass is 35.5. The number of halogens is 4. The van der Waals surface area contributed by atoms with Crippen molar-refractivity contribution < 1.29 is 21.6 Å². The second-order valence-corrected chi connectivity index (χ2v) is 7.85. The normalized spacial score (nSPS) is 12.7. The molecule has 0 aliphatic rings. The van der Waals surface area contributed by atoms with Gasteiger partial charge in [-0.3, -0.25) is 0 Å². The average molecular weight is 404 g/mol. The number of fused-ring (bicyclic) bond motifs is 1. The number of sulfonamides is 1. The van der Waals surface area contributed by atoms with E-state index >= 15 is 0 Å². The van der Waals surface area contributed by atoms with Crippen LogP contribution >= 0.6 is 11.6 Å². The number of nitrogens with one attached hydrogen (secondary N) is 1. The van der Waals surface area contributed by atoms with Crippen LogP contribution in [0.15, 0.2) is 47.6 Å². The van der Waals surface area contributed by atoms with Gasteiger partial charge in [0.25, 0.3) is 0 Å². The lowest BCUT2D eigenvalue weighted by molar-refractivity contribution is -0.138. The van der Waals surface area contributed by atoms with Gasteiger partial charge < -0.3 is 4.40 Å². The summed E-state index contributed by atoms with van der Waals surface area (Å²) in [4.78, 5) is 3.76. The first-order valence-electron chi connectivity index (χ1n) is 7.37. The molecule has 0 fully saturated rings. The molecular weight excluding hydrogens is 391 g/mol. The number of nitrogens with zero attached hydrogens (tertiary/aromatic N) is 2. The van der Waals surface area contributed by atoms with Gasteiger partial charge in [-0.15, -0.1) is 0 Å². The molecule has 0 aliphatic heterocycles. The zero-order valence-electron chi connectivity index (χ0n) is 13.4. The van der Waals surface area contributed by atoms with Crippen molar-refractivity contribution in [3.63, 3.8) is 0 Å². The van der Waals surface area contributed by atoms with Crippen molar-refractivity contribution in [2.24, 2.45) is 0 Å². The number of aryl methyl sites for hydroxylation is 1. The third kappa shape index (κ3) is 3.84. The highest BCUT2D eigenvalue weighted by Crippen LogP contribution is 2.33. The van der Waals surface area contributed by atoms with Gasteiger partial charge in [0.05, 0.1) is 27.7 Å². The van der Waals surface area contributed by atoms with Gasteiger partial charge in [-0.05, 0) is 36.8 Å². The summed E-state index contributed by atoms with van der Waals surface area (Å²) in [5, 5.41) is 0.487. The molecule has 3 rings (SSSR count). The smallest absolute Gasteiger partial charge is 0.305 e. The molecule has 0 amide bonds. The first kappa shape index (κ1) is 18.7. The lowest BCUT2D eigenvalue weighted by Crippen LogP contribution is -2.24. The summed E-state index contributed by atoms with van der Waals surface area (Å²) in [6, 6.07) is 6.19. The van der Waals surface area contributed by atoms with Gasteiger partial charge in [0.15, 0.2) is 0 Å². The largest absolute Gasteiger partial charge is 0.416 e. The van der Waals surface area contributed by atoms with Gasteiger partial charge in [-0.25, -0.2) is 18.1 Å². The molecule has 0 spiro atoms. The van der Waals surface area contributed by atoms with E-state index in [0.717, 1.165) is 12.1 Å². The first-order chi connectivity index (χ1) is 12.1. The minimum Gasteiger partial charge on any atom is -0.305 e. The molecule has 0 bridgehead atoms. The third-order valence-corrected chi connectivity index (χ3v) is 5.36. The zero-order valence-corrected chi connectivity index (χ0v) is 15.0. The molecule has 2 heterocycles. The molecule has 0 saturated heterocycles. The van der Waals surface area contributed by atoms with E-state index in [-0.39, 0.29) is 12.1 Å². The van der Waals surface area contributed by atoms with Crippen LogP contribution in [0.4, 0.5) is 13.2 Å². The van der Waals surface area contributed by atoms with Crippen molar-refractivity contribution in [1.29, 1.82) is 0 Å². The van der Waals surface area contributed by atoms with Crippen LogP contribution < -0.4 is 4.72 Å². The molecule has 0 atom stereocenters. The van der Waals surface area contributed by atoms with Crippen molar-refractivity contribution in [1.82, 2.24) is 14.1 Å². The Morgan fingerprint density at radius 1 is 1.19 bits per heavy atom. The fourth-order valence-corrected chi connectivity index (χ4v) is 3.62. The molecule has 0 saturated carbocycles. The van der Waals surface area contributed by atoms with Crippen LogP contribution in [0.3, 0.4) is 0 Å². The van der Waals surface area contributed by atoms with Crippen LogP contribution in [0.5, 0.6) is 0 Å². The molecule has 2 aromatic heterocycles. The molecule has 3 aromatic rings. The van der Waals surface area contributed by atoms with Crippen LogP contribution in [0.25, 0.3) is 5.65 Å². The predicted molar refractivity (Wildman–Crippen MR) is 90.4 cm³/mol. The maximum Gasteiger partial charge on any atom is 0.416 e. The average Bonchev–Trinajstić information content (AvgIpc) is 2.94. The Kier molecular flexibility index (Phi) is 4.72. The van der Waals surface area contributed by atoms with Gasteiger partial charge in [0.1, 0.15) is 5.65 Å².